The van der Waals surface area contributed by atoms with Crippen LogP contribution in [0.3, 0.4) is 0 Å². The van der Waals surface area contributed by atoms with Crippen molar-refractivity contribution in [3.8, 4) is 10.4 Å². The molecule has 2 amide bonds. The van der Waals surface area contributed by atoms with E-state index in [1.165, 1.54) is 11.3 Å². The van der Waals surface area contributed by atoms with Gasteiger partial charge in [-0.1, -0.05) is 41.7 Å². The smallest absolute Gasteiger partial charge is 0.361 e. The zero-order valence-electron chi connectivity index (χ0n) is 15.2. The molecule has 0 spiro atoms. The molecule has 7 nitrogen and oxygen atoms in total. The number of nitrogens with one attached hydrogen (secondary N) is 2. The molecule has 3 rings (SSSR count). The van der Waals surface area contributed by atoms with Crippen LogP contribution in [-0.4, -0.2) is 47.9 Å². The lowest BCUT2D eigenvalue weighted by Crippen LogP contribution is -2.42. The van der Waals surface area contributed by atoms with E-state index in [9.17, 15) is 22.8 Å². The highest BCUT2D eigenvalue weighted by atomic mass is 32.1. The summed E-state index contributed by atoms with van der Waals surface area (Å²) in [6, 6.07) is 9.27. The van der Waals surface area contributed by atoms with Crippen molar-refractivity contribution in [2.24, 2.45) is 5.92 Å². The van der Waals surface area contributed by atoms with Crippen molar-refractivity contribution in [2.75, 3.05) is 25.0 Å². The van der Waals surface area contributed by atoms with E-state index in [0.29, 0.717) is 24.5 Å². The van der Waals surface area contributed by atoms with Gasteiger partial charge >= 0.3 is 18.2 Å². The summed E-state index contributed by atoms with van der Waals surface area (Å²) < 4.78 is 36.6. The molecule has 2 heterocycles. The normalized spacial score (nSPS) is 15.7. The number of rotatable bonds is 5. The van der Waals surface area contributed by atoms with Crippen LogP contribution in [0.15, 0.2) is 36.5 Å². The molecule has 0 atom stereocenters. The van der Waals surface area contributed by atoms with Gasteiger partial charge in [-0.15, -0.1) is 5.06 Å². The zero-order chi connectivity index (χ0) is 20.9. The van der Waals surface area contributed by atoms with Gasteiger partial charge in [0.2, 0.25) is 0 Å². The Morgan fingerprint density at radius 1 is 1.21 bits per heavy atom. The number of benzene rings is 1. The molecule has 1 saturated heterocycles. The van der Waals surface area contributed by atoms with Gasteiger partial charge in [0, 0.05) is 25.8 Å². The lowest BCUT2D eigenvalue weighted by atomic mass is 9.98. The number of nitrogens with zero attached hydrogens (tertiary/aromatic N) is 2. The van der Waals surface area contributed by atoms with E-state index in [0.717, 1.165) is 15.5 Å². The summed E-state index contributed by atoms with van der Waals surface area (Å²) in [5.74, 6) is -2.13. The van der Waals surface area contributed by atoms with Gasteiger partial charge in [-0.05, 0) is 24.3 Å². The third kappa shape index (κ3) is 6.16. The Morgan fingerprint density at radius 2 is 1.90 bits per heavy atom. The molecule has 1 aliphatic heterocycles. The Labute approximate surface area is 168 Å². The second-order valence-corrected chi connectivity index (χ2v) is 7.51. The largest absolute Gasteiger partial charge is 0.492 e. The van der Waals surface area contributed by atoms with Gasteiger partial charge in [0.1, 0.15) is 0 Å². The summed E-state index contributed by atoms with van der Waals surface area (Å²) in [5.41, 5.74) is 1.01. The summed E-state index contributed by atoms with van der Waals surface area (Å²) in [7, 11) is 0. The van der Waals surface area contributed by atoms with Crippen molar-refractivity contribution in [1.82, 2.24) is 15.4 Å². The number of piperidine rings is 1. The Hall–Kier alpha value is -2.66. The fraction of sp³-hybridized carbons (Fsp3) is 0.389. The van der Waals surface area contributed by atoms with Crippen LogP contribution in [-0.2, 0) is 9.63 Å². The second kappa shape index (κ2) is 9.23. The molecule has 1 aromatic heterocycles. The van der Waals surface area contributed by atoms with Crippen LogP contribution in [0, 0.1) is 5.92 Å². The second-order valence-electron chi connectivity index (χ2n) is 6.48. The monoisotopic (exact) mass is 428 g/mol. The molecular formula is C18H19F3N4O3S. The highest BCUT2D eigenvalue weighted by Gasteiger charge is 2.42. The average Bonchev–Trinajstić information content (AvgIpc) is 3.16. The van der Waals surface area contributed by atoms with Crippen LogP contribution in [0.5, 0.6) is 0 Å². The number of amides is 2. The van der Waals surface area contributed by atoms with E-state index in [1.54, 1.807) is 6.20 Å². The van der Waals surface area contributed by atoms with E-state index < -0.39 is 18.2 Å². The first-order valence-electron chi connectivity index (χ1n) is 8.91. The van der Waals surface area contributed by atoms with Gasteiger partial charge in [0.25, 0.3) is 0 Å². The number of anilines is 1. The lowest BCUT2D eigenvalue weighted by molar-refractivity contribution is -0.242. The third-order valence-corrected chi connectivity index (χ3v) is 5.31. The molecule has 0 unspecified atom stereocenters. The van der Waals surface area contributed by atoms with Gasteiger partial charge in [-0.25, -0.2) is 14.6 Å². The molecular weight excluding hydrogens is 409 g/mol. The maximum Gasteiger partial charge on any atom is 0.492 e. The number of hydrogen-bond acceptors (Lipinski definition) is 6. The molecule has 0 aliphatic carbocycles. The first kappa shape index (κ1) is 21.1. The molecule has 1 fully saturated rings. The number of carbonyl (C=O) groups excluding carboxylic acids is 2. The minimum Gasteiger partial charge on any atom is -0.361 e. The van der Waals surface area contributed by atoms with E-state index in [2.05, 4.69) is 20.5 Å². The summed E-state index contributed by atoms with van der Waals surface area (Å²) in [4.78, 5) is 32.3. The summed E-state index contributed by atoms with van der Waals surface area (Å²) in [6.07, 6.45) is -2.32. The van der Waals surface area contributed by atoms with Gasteiger partial charge in [0.05, 0.1) is 4.88 Å². The Balaban J connectivity index is 1.39. The third-order valence-electron chi connectivity index (χ3n) is 4.35. The summed E-state index contributed by atoms with van der Waals surface area (Å²) in [6.45, 7) is 0.731. The standard InChI is InChI=1S/C18H19F3N4O3S/c19-18(20,21)15(26)28-25-8-6-12(7-9-25)10-22-16(27)24-17-23-11-14(29-17)13-4-2-1-3-5-13/h1-5,11-12H,6-10H2,(H2,22,23,24,27). The minimum absolute atomic E-state index is 0.0813. The Bertz CT molecular complexity index is 836. The van der Waals surface area contributed by atoms with Gasteiger partial charge < -0.3 is 10.2 Å². The van der Waals surface area contributed by atoms with E-state index in [4.69, 9.17) is 0 Å². The molecule has 1 aliphatic rings. The zero-order valence-corrected chi connectivity index (χ0v) is 16.1. The summed E-state index contributed by atoms with van der Waals surface area (Å²) >= 11 is 1.35. The number of hydrogen-bond donors (Lipinski definition) is 2. The van der Waals surface area contributed by atoms with Gasteiger partial charge in [-0.3, -0.25) is 5.32 Å². The molecule has 0 bridgehead atoms. The highest BCUT2D eigenvalue weighted by Crippen LogP contribution is 2.28. The van der Waals surface area contributed by atoms with Gasteiger partial charge in [0.15, 0.2) is 5.13 Å². The molecule has 0 saturated carbocycles. The number of thiazole rings is 1. The number of hydroxylamine groups is 2. The SMILES string of the molecule is O=C(NCC1CCN(OC(=O)C(F)(F)F)CC1)Nc1ncc(-c2ccccc2)s1. The fourth-order valence-electron chi connectivity index (χ4n) is 2.82. The van der Waals surface area contributed by atoms with Crippen molar-refractivity contribution in [1.29, 1.82) is 0 Å². The molecule has 2 N–H and O–H groups in total. The molecule has 2 aromatic rings. The molecule has 11 heteroatoms. The quantitative estimate of drug-likeness (QED) is 0.759. The number of alkyl halides is 3. The van der Waals surface area contributed by atoms with Crippen molar-refractivity contribution in [2.45, 2.75) is 19.0 Å². The minimum atomic E-state index is -5.01. The van der Waals surface area contributed by atoms with Crippen molar-refractivity contribution in [3.63, 3.8) is 0 Å². The lowest BCUT2D eigenvalue weighted by Gasteiger charge is -2.30. The van der Waals surface area contributed by atoms with E-state index >= 15 is 0 Å². The van der Waals surface area contributed by atoms with E-state index in [-0.39, 0.29) is 19.0 Å². The molecule has 156 valence electrons. The number of urea groups is 1. The van der Waals surface area contributed by atoms with Crippen LogP contribution >= 0.6 is 11.3 Å². The Morgan fingerprint density at radius 3 is 2.55 bits per heavy atom. The molecule has 29 heavy (non-hydrogen) atoms. The number of carbonyl (C=O) groups is 2. The fourth-order valence-corrected chi connectivity index (χ4v) is 3.64. The summed E-state index contributed by atoms with van der Waals surface area (Å²) in [5, 5.41) is 6.89. The number of halogens is 3. The number of aromatic nitrogens is 1. The first-order chi connectivity index (χ1) is 13.8. The van der Waals surface area contributed by atoms with Crippen LogP contribution in [0.4, 0.5) is 23.1 Å². The predicted octanol–water partition coefficient (Wildman–Crippen LogP) is 3.66. The van der Waals surface area contributed by atoms with Crippen LogP contribution < -0.4 is 10.6 Å². The first-order valence-corrected chi connectivity index (χ1v) is 9.73. The van der Waals surface area contributed by atoms with Gasteiger partial charge in [-0.2, -0.15) is 13.2 Å². The van der Waals surface area contributed by atoms with Crippen LogP contribution in [0.2, 0.25) is 0 Å². The van der Waals surface area contributed by atoms with Crippen molar-refractivity contribution >= 4 is 28.5 Å². The van der Waals surface area contributed by atoms with Crippen LogP contribution in [0.1, 0.15) is 12.8 Å². The van der Waals surface area contributed by atoms with E-state index in [1.807, 2.05) is 30.3 Å². The van der Waals surface area contributed by atoms with Crippen LogP contribution in [0.25, 0.3) is 10.4 Å². The Kier molecular flexibility index (Phi) is 6.70. The highest BCUT2D eigenvalue weighted by molar-refractivity contribution is 7.19. The maximum absolute atomic E-state index is 12.2. The topological polar surface area (TPSA) is 83.6 Å². The molecule has 1 aromatic carbocycles. The molecule has 0 radical (unpaired) electrons. The van der Waals surface area contributed by atoms with Crippen molar-refractivity contribution in [3.05, 3.63) is 36.5 Å². The predicted molar refractivity (Wildman–Crippen MR) is 101 cm³/mol. The van der Waals surface area contributed by atoms with Crippen molar-refractivity contribution < 1.29 is 27.6 Å². The average molecular weight is 428 g/mol. The maximum atomic E-state index is 12.2.